The Kier molecular flexibility index (Phi) is 2.93. The highest BCUT2D eigenvalue weighted by Gasteiger charge is 2.14. The summed E-state index contributed by atoms with van der Waals surface area (Å²) in [5.74, 6) is 0.120. The Balaban J connectivity index is 2.40. The molecule has 1 rings (SSSR count). The summed E-state index contributed by atoms with van der Waals surface area (Å²) < 4.78 is 0. The van der Waals surface area contributed by atoms with E-state index >= 15 is 0 Å². The first-order valence-corrected chi connectivity index (χ1v) is 4.32. The monoisotopic (exact) mass is 203 g/mol. The van der Waals surface area contributed by atoms with Crippen LogP contribution in [0.1, 0.15) is 12.8 Å². The summed E-state index contributed by atoms with van der Waals surface area (Å²) in [5, 5.41) is 0. The fourth-order valence-corrected chi connectivity index (χ4v) is 1.32. The number of hydrogen-bond donors (Lipinski definition) is 0. The second kappa shape index (κ2) is 3.76. The molecule has 2 nitrogen and oxygen atoms in total. The first-order valence-electron chi connectivity index (χ1n) is 3.40. The summed E-state index contributed by atoms with van der Waals surface area (Å²) >= 11 is 3.07. The molecule has 0 aliphatic carbocycles. The van der Waals surface area contributed by atoms with Crippen LogP contribution in [-0.4, -0.2) is 23.9 Å². The van der Waals surface area contributed by atoms with Crippen LogP contribution in [0.25, 0.3) is 0 Å². The number of amides is 1. The van der Waals surface area contributed by atoms with Gasteiger partial charge in [0.2, 0.25) is 5.91 Å². The molecule has 1 heterocycles. The minimum Gasteiger partial charge on any atom is -0.339 e. The normalized spacial score (nSPS) is 18.7. The zero-order chi connectivity index (χ0) is 7.40. The van der Waals surface area contributed by atoms with Crippen molar-refractivity contribution in [3.63, 3.8) is 0 Å². The van der Waals surface area contributed by atoms with Crippen LogP contribution in [0.4, 0.5) is 0 Å². The Hall–Kier alpha value is -0.310. The van der Waals surface area contributed by atoms with Crippen molar-refractivity contribution >= 4 is 21.8 Å². The summed E-state index contributed by atoms with van der Waals surface area (Å²) in [6, 6.07) is 0. The molecule has 0 aromatic rings. The van der Waals surface area contributed by atoms with Gasteiger partial charge in [-0.15, -0.1) is 0 Å². The molecule has 0 saturated carbocycles. The van der Waals surface area contributed by atoms with E-state index in [0.717, 1.165) is 25.9 Å². The molecule has 0 unspecified atom stereocenters. The maximum Gasteiger partial charge on any atom is 0.247 e. The number of rotatable bonds is 1. The molecule has 0 spiro atoms. The summed E-state index contributed by atoms with van der Waals surface area (Å²) in [4.78, 5) is 14.5. The fraction of sp³-hybridized carbons (Fsp3) is 0.571. The summed E-state index contributed by atoms with van der Waals surface area (Å²) in [6.45, 7) is 1.85. The lowest BCUT2D eigenvalue weighted by Crippen LogP contribution is -2.25. The highest BCUT2D eigenvalue weighted by Crippen LogP contribution is 2.07. The van der Waals surface area contributed by atoms with Crippen LogP contribution in [0.2, 0.25) is 0 Å². The van der Waals surface area contributed by atoms with Crippen LogP contribution < -0.4 is 0 Å². The SMILES string of the molecule is O=C(/C=C/Br)N1CCCC1. The van der Waals surface area contributed by atoms with E-state index in [-0.39, 0.29) is 5.91 Å². The number of nitrogens with zero attached hydrogens (tertiary/aromatic N) is 1. The number of carbonyl (C=O) groups is 1. The average molecular weight is 204 g/mol. The maximum absolute atomic E-state index is 11.1. The van der Waals surface area contributed by atoms with Crippen molar-refractivity contribution in [3.05, 3.63) is 11.1 Å². The van der Waals surface area contributed by atoms with Crippen molar-refractivity contribution in [1.82, 2.24) is 4.90 Å². The molecule has 0 atom stereocenters. The molecule has 0 N–H and O–H groups in total. The highest BCUT2D eigenvalue weighted by atomic mass is 79.9. The Bertz CT molecular complexity index is 150. The lowest BCUT2D eigenvalue weighted by Gasteiger charge is -2.10. The van der Waals surface area contributed by atoms with Gasteiger partial charge < -0.3 is 4.90 Å². The first-order chi connectivity index (χ1) is 4.84. The van der Waals surface area contributed by atoms with Gasteiger partial charge in [0, 0.05) is 19.2 Å². The van der Waals surface area contributed by atoms with Crippen LogP contribution in [0.5, 0.6) is 0 Å². The van der Waals surface area contributed by atoms with Gasteiger partial charge in [0.1, 0.15) is 0 Å². The predicted octanol–water partition coefficient (Wildman–Crippen LogP) is 1.52. The van der Waals surface area contributed by atoms with E-state index in [1.807, 2.05) is 4.90 Å². The lowest BCUT2D eigenvalue weighted by molar-refractivity contribution is -0.124. The van der Waals surface area contributed by atoms with Crippen molar-refractivity contribution in [3.8, 4) is 0 Å². The van der Waals surface area contributed by atoms with Crippen LogP contribution in [-0.2, 0) is 4.79 Å². The van der Waals surface area contributed by atoms with Gasteiger partial charge in [-0.25, -0.2) is 0 Å². The molecule has 1 amide bonds. The maximum atomic E-state index is 11.1. The van der Waals surface area contributed by atoms with Crippen molar-refractivity contribution < 1.29 is 4.79 Å². The molecule has 0 bridgehead atoms. The van der Waals surface area contributed by atoms with E-state index in [9.17, 15) is 4.79 Å². The van der Waals surface area contributed by atoms with E-state index in [0.29, 0.717) is 0 Å². The number of hydrogen-bond acceptors (Lipinski definition) is 1. The van der Waals surface area contributed by atoms with Gasteiger partial charge in [0.15, 0.2) is 0 Å². The van der Waals surface area contributed by atoms with Gasteiger partial charge in [-0.2, -0.15) is 0 Å². The first kappa shape index (κ1) is 7.79. The molecule has 1 fully saturated rings. The molecule has 56 valence electrons. The average Bonchev–Trinajstić information content (AvgIpc) is 2.38. The van der Waals surface area contributed by atoms with Crippen molar-refractivity contribution in [1.29, 1.82) is 0 Å². The fourth-order valence-electron chi connectivity index (χ4n) is 1.10. The molecule has 1 saturated heterocycles. The van der Waals surface area contributed by atoms with E-state index in [1.54, 1.807) is 11.1 Å². The molecule has 0 aromatic carbocycles. The second-order valence-electron chi connectivity index (χ2n) is 2.33. The van der Waals surface area contributed by atoms with Crippen molar-refractivity contribution in [2.75, 3.05) is 13.1 Å². The molecular formula is C7H10BrNO. The van der Waals surface area contributed by atoms with E-state index in [2.05, 4.69) is 15.9 Å². The summed E-state index contributed by atoms with van der Waals surface area (Å²) in [5.41, 5.74) is 0. The zero-order valence-electron chi connectivity index (χ0n) is 5.72. The quantitative estimate of drug-likeness (QED) is 0.593. The topological polar surface area (TPSA) is 20.3 Å². The third kappa shape index (κ3) is 1.84. The van der Waals surface area contributed by atoms with Gasteiger partial charge in [-0.1, -0.05) is 15.9 Å². The van der Waals surface area contributed by atoms with Crippen LogP contribution in [0, 0.1) is 0 Å². The van der Waals surface area contributed by atoms with Crippen molar-refractivity contribution in [2.24, 2.45) is 0 Å². The second-order valence-corrected chi connectivity index (χ2v) is 2.85. The Morgan fingerprint density at radius 2 is 2.00 bits per heavy atom. The molecule has 1 aliphatic heterocycles. The molecular weight excluding hydrogens is 194 g/mol. The van der Waals surface area contributed by atoms with Gasteiger partial charge in [-0.05, 0) is 17.8 Å². The summed E-state index contributed by atoms with van der Waals surface area (Å²) in [6.07, 6.45) is 3.86. The van der Waals surface area contributed by atoms with Crippen LogP contribution in [0.3, 0.4) is 0 Å². The number of halogens is 1. The Morgan fingerprint density at radius 3 is 2.50 bits per heavy atom. The lowest BCUT2D eigenvalue weighted by atomic mass is 10.4. The van der Waals surface area contributed by atoms with Gasteiger partial charge in [0.25, 0.3) is 0 Å². The molecule has 10 heavy (non-hydrogen) atoms. The van der Waals surface area contributed by atoms with E-state index in [1.165, 1.54) is 0 Å². The third-order valence-electron chi connectivity index (χ3n) is 1.62. The minimum absolute atomic E-state index is 0.120. The van der Waals surface area contributed by atoms with Crippen molar-refractivity contribution in [2.45, 2.75) is 12.8 Å². The Labute approximate surface area is 69.0 Å². The molecule has 0 radical (unpaired) electrons. The van der Waals surface area contributed by atoms with Gasteiger partial charge in [0.05, 0.1) is 0 Å². The summed E-state index contributed by atoms with van der Waals surface area (Å²) in [7, 11) is 0. The molecule has 1 aliphatic rings. The predicted molar refractivity (Wildman–Crippen MR) is 43.9 cm³/mol. The standard InChI is InChI=1S/C7H10BrNO/c8-4-3-7(10)9-5-1-2-6-9/h3-4H,1-2,5-6H2/b4-3+. The van der Waals surface area contributed by atoms with E-state index < -0.39 is 0 Å². The molecule has 3 heteroatoms. The van der Waals surface area contributed by atoms with Crippen LogP contribution >= 0.6 is 15.9 Å². The minimum atomic E-state index is 0.120. The zero-order valence-corrected chi connectivity index (χ0v) is 7.30. The Morgan fingerprint density at radius 1 is 1.40 bits per heavy atom. The molecule has 0 aromatic heterocycles. The van der Waals surface area contributed by atoms with Crippen LogP contribution in [0.15, 0.2) is 11.1 Å². The largest absolute Gasteiger partial charge is 0.339 e. The number of carbonyl (C=O) groups excluding carboxylic acids is 1. The van der Waals surface area contributed by atoms with Gasteiger partial charge >= 0.3 is 0 Å². The third-order valence-corrected chi connectivity index (χ3v) is 1.89. The number of likely N-dealkylation sites (tertiary alicyclic amines) is 1. The highest BCUT2D eigenvalue weighted by molar-refractivity contribution is 9.11. The van der Waals surface area contributed by atoms with Gasteiger partial charge in [-0.3, -0.25) is 4.79 Å². The van der Waals surface area contributed by atoms with E-state index in [4.69, 9.17) is 0 Å². The smallest absolute Gasteiger partial charge is 0.247 e.